The smallest absolute Gasteiger partial charge is 0.245 e. The average Bonchev–Trinajstić information content (AvgIpc) is 3.14. The largest absolute Gasteiger partial charge is 0.383 e. The number of nitrogen functional groups attached to an aromatic ring is 1. The highest BCUT2D eigenvalue weighted by molar-refractivity contribution is 6.05. The van der Waals surface area contributed by atoms with E-state index in [1.54, 1.807) is 18.6 Å². The summed E-state index contributed by atoms with van der Waals surface area (Å²) in [6, 6.07) is 0. The van der Waals surface area contributed by atoms with Gasteiger partial charge in [-0.05, 0) is 49.2 Å². The summed E-state index contributed by atoms with van der Waals surface area (Å²) in [6.07, 6.45) is 15.5. The Hall–Kier alpha value is -3.55. The van der Waals surface area contributed by atoms with Crippen molar-refractivity contribution in [3.63, 3.8) is 0 Å². The molecule has 3 aromatic heterocycles. The number of amides is 1. The first-order valence-corrected chi connectivity index (χ1v) is 11.0. The second kappa shape index (κ2) is 7.85. The van der Waals surface area contributed by atoms with Gasteiger partial charge in [0, 0.05) is 38.1 Å². The van der Waals surface area contributed by atoms with Gasteiger partial charge in [-0.1, -0.05) is 12.7 Å². The number of anilines is 1. The van der Waals surface area contributed by atoms with E-state index in [2.05, 4.69) is 37.2 Å². The molecule has 4 heterocycles. The lowest BCUT2D eigenvalue weighted by molar-refractivity contribution is -0.128. The highest BCUT2D eigenvalue weighted by Gasteiger charge is 2.37. The second-order valence-corrected chi connectivity index (χ2v) is 8.79. The van der Waals surface area contributed by atoms with Gasteiger partial charge in [0.1, 0.15) is 17.8 Å². The van der Waals surface area contributed by atoms with E-state index in [0.29, 0.717) is 5.82 Å². The molecule has 0 saturated carbocycles. The van der Waals surface area contributed by atoms with Crippen molar-refractivity contribution >= 4 is 28.3 Å². The second-order valence-electron chi connectivity index (χ2n) is 8.79. The van der Waals surface area contributed by atoms with Gasteiger partial charge in [-0.3, -0.25) is 14.8 Å². The van der Waals surface area contributed by atoms with Gasteiger partial charge >= 0.3 is 0 Å². The fourth-order valence-electron chi connectivity index (χ4n) is 5.27. The molecule has 0 unspecified atom stereocenters. The van der Waals surface area contributed by atoms with Crippen LogP contribution in [0.1, 0.15) is 37.8 Å². The van der Waals surface area contributed by atoms with Crippen molar-refractivity contribution in [2.45, 2.75) is 32.1 Å². The number of hydrogen-bond acceptors (Lipinski definition) is 6. The first kappa shape index (κ1) is 20.4. The first-order valence-electron chi connectivity index (χ1n) is 11.0. The van der Waals surface area contributed by atoms with E-state index in [0.717, 1.165) is 73.2 Å². The Morgan fingerprint density at radius 2 is 2.00 bits per heavy atom. The van der Waals surface area contributed by atoms with Crippen LogP contribution in [0.25, 0.3) is 27.9 Å². The van der Waals surface area contributed by atoms with E-state index in [-0.39, 0.29) is 11.3 Å². The number of likely N-dealkylation sites (tertiary alicyclic amines) is 1. The third kappa shape index (κ3) is 3.26. The molecule has 8 heteroatoms. The fraction of sp³-hybridized carbons (Fsp3) is 0.375. The molecule has 164 valence electrons. The topological polar surface area (TPSA) is 103 Å². The monoisotopic (exact) mass is 429 g/mol. The van der Waals surface area contributed by atoms with Crippen LogP contribution in [0.5, 0.6) is 0 Å². The predicted molar refractivity (Wildman–Crippen MR) is 124 cm³/mol. The number of allylic oxidation sites excluding steroid dienone is 2. The molecule has 5 rings (SSSR count). The molecule has 8 nitrogen and oxygen atoms in total. The van der Waals surface area contributed by atoms with Gasteiger partial charge in [0.2, 0.25) is 5.91 Å². The number of aryl methyl sites for hydroxylation is 1. The van der Waals surface area contributed by atoms with Crippen molar-refractivity contribution in [3.8, 4) is 11.3 Å². The van der Waals surface area contributed by atoms with Crippen LogP contribution in [0.3, 0.4) is 0 Å². The standard InChI is InChI=1S/C24H27N7O/c1-3-18(32)31-12-8-24(9-13-31)6-4-16(5-7-24)21-19(17-14-26-10-11-27-17)20-22(25)28-15-29-23(20)30(21)2/h3-4,10-11,14-15H,1,5-9,12-13H2,2H3,(H2,25,28,29). The van der Waals surface area contributed by atoms with E-state index in [1.807, 2.05) is 11.9 Å². The van der Waals surface area contributed by atoms with Crippen LogP contribution in [-0.4, -0.2) is 48.4 Å². The Kier molecular flexibility index (Phi) is 5.00. The zero-order valence-corrected chi connectivity index (χ0v) is 18.3. The van der Waals surface area contributed by atoms with E-state index in [1.165, 1.54) is 18.0 Å². The number of nitrogens with zero attached hydrogens (tertiary/aromatic N) is 6. The molecule has 0 aromatic carbocycles. The van der Waals surface area contributed by atoms with E-state index in [4.69, 9.17) is 5.73 Å². The lowest BCUT2D eigenvalue weighted by Gasteiger charge is -2.43. The Morgan fingerprint density at radius 1 is 1.19 bits per heavy atom. The molecule has 1 fully saturated rings. The molecule has 0 atom stereocenters. The highest BCUT2D eigenvalue weighted by atomic mass is 16.2. The van der Waals surface area contributed by atoms with Crippen LogP contribution in [0.2, 0.25) is 0 Å². The minimum absolute atomic E-state index is 0.0368. The lowest BCUT2D eigenvalue weighted by Crippen LogP contribution is -2.43. The maximum atomic E-state index is 12.0. The van der Waals surface area contributed by atoms with Gasteiger partial charge in [0.25, 0.3) is 0 Å². The number of nitrogens with two attached hydrogens (primary N) is 1. The van der Waals surface area contributed by atoms with Crippen molar-refractivity contribution < 1.29 is 4.79 Å². The van der Waals surface area contributed by atoms with Crippen LogP contribution >= 0.6 is 0 Å². The average molecular weight is 430 g/mol. The van der Waals surface area contributed by atoms with Crippen molar-refractivity contribution in [2.75, 3.05) is 18.8 Å². The Labute approximate surface area is 186 Å². The number of rotatable bonds is 3. The molecule has 1 amide bonds. The highest BCUT2D eigenvalue weighted by Crippen LogP contribution is 2.48. The van der Waals surface area contributed by atoms with E-state index < -0.39 is 0 Å². The molecular formula is C24H27N7O. The number of carbonyl (C=O) groups is 1. The molecule has 1 spiro atoms. The number of carbonyl (C=O) groups excluding carboxylic acids is 1. The van der Waals surface area contributed by atoms with Crippen molar-refractivity contribution in [1.82, 2.24) is 29.4 Å². The predicted octanol–water partition coefficient (Wildman–Crippen LogP) is 3.37. The molecule has 0 radical (unpaired) electrons. The zero-order valence-electron chi connectivity index (χ0n) is 18.3. The van der Waals surface area contributed by atoms with Gasteiger partial charge in [-0.25, -0.2) is 9.97 Å². The van der Waals surface area contributed by atoms with Crippen molar-refractivity contribution in [3.05, 3.63) is 49.3 Å². The number of aromatic nitrogens is 5. The lowest BCUT2D eigenvalue weighted by atomic mass is 9.68. The minimum Gasteiger partial charge on any atom is -0.383 e. The van der Waals surface area contributed by atoms with Gasteiger partial charge < -0.3 is 15.2 Å². The van der Waals surface area contributed by atoms with Crippen LogP contribution in [-0.2, 0) is 11.8 Å². The molecular weight excluding hydrogens is 402 g/mol. The zero-order chi connectivity index (χ0) is 22.3. The van der Waals surface area contributed by atoms with Crippen molar-refractivity contribution in [2.24, 2.45) is 12.5 Å². The third-order valence-electron chi connectivity index (χ3n) is 7.14. The summed E-state index contributed by atoms with van der Waals surface area (Å²) in [6.45, 7) is 5.23. The Morgan fingerprint density at radius 3 is 2.66 bits per heavy atom. The quantitative estimate of drug-likeness (QED) is 0.641. The third-order valence-corrected chi connectivity index (χ3v) is 7.14. The van der Waals surface area contributed by atoms with Gasteiger partial charge in [-0.2, -0.15) is 0 Å². The summed E-state index contributed by atoms with van der Waals surface area (Å²) in [5.74, 6) is 0.486. The van der Waals surface area contributed by atoms with Crippen LogP contribution in [0, 0.1) is 5.41 Å². The van der Waals surface area contributed by atoms with Crippen molar-refractivity contribution in [1.29, 1.82) is 0 Å². The fourth-order valence-corrected chi connectivity index (χ4v) is 5.27. The van der Waals surface area contributed by atoms with Crippen LogP contribution < -0.4 is 5.73 Å². The molecule has 1 aliphatic carbocycles. The van der Waals surface area contributed by atoms with Gasteiger partial charge in [0.15, 0.2) is 0 Å². The summed E-state index contributed by atoms with van der Waals surface area (Å²) < 4.78 is 2.10. The molecule has 3 aromatic rings. The van der Waals surface area contributed by atoms with Crippen LogP contribution in [0.15, 0.2) is 43.6 Å². The first-order chi connectivity index (χ1) is 15.5. The number of hydrogen-bond donors (Lipinski definition) is 1. The maximum Gasteiger partial charge on any atom is 0.245 e. The summed E-state index contributed by atoms with van der Waals surface area (Å²) in [7, 11) is 2.02. The maximum absolute atomic E-state index is 12.0. The van der Waals surface area contributed by atoms with Crippen LogP contribution in [0.4, 0.5) is 5.82 Å². The minimum atomic E-state index is 0.0368. The summed E-state index contributed by atoms with van der Waals surface area (Å²) in [4.78, 5) is 31.5. The van der Waals surface area contributed by atoms with Gasteiger partial charge in [-0.15, -0.1) is 0 Å². The van der Waals surface area contributed by atoms with E-state index >= 15 is 0 Å². The molecule has 1 aliphatic heterocycles. The molecule has 2 N–H and O–H groups in total. The molecule has 2 aliphatic rings. The summed E-state index contributed by atoms with van der Waals surface area (Å²) in [5.41, 5.74) is 11.4. The molecule has 1 saturated heterocycles. The SMILES string of the molecule is C=CC(=O)N1CCC2(CC=C(c3c(-c4cnccn4)c4c(N)ncnc4n3C)CC2)CC1. The Bertz CT molecular complexity index is 1220. The molecule has 0 bridgehead atoms. The molecule has 32 heavy (non-hydrogen) atoms. The summed E-state index contributed by atoms with van der Waals surface area (Å²) >= 11 is 0. The number of piperidine rings is 1. The van der Waals surface area contributed by atoms with E-state index in [9.17, 15) is 4.79 Å². The summed E-state index contributed by atoms with van der Waals surface area (Å²) in [5, 5.41) is 0.822. The van der Waals surface area contributed by atoms with Gasteiger partial charge in [0.05, 0.1) is 23.0 Å². The number of fused-ring (bicyclic) bond motifs is 1. The Balaban J connectivity index is 1.53. The normalized spacial score (nSPS) is 18.0.